The number of carbonyl (C=O) groups is 4. The van der Waals surface area contributed by atoms with E-state index in [1.165, 1.54) is 31.2 Å². The summed E-state index contributed by atoms with van der Waals surface area (Å²) in [6, 6.07) is 13.1. The van der Waals surface area contributed by atoms with Gasteiger partial charge in [-0.3, -0.25) is 29.0 Å². The third kappa shape index (κ3) is 2.98. The molecule has 1 N–H and O–H groups in total. The molecule has 4 amide bonds. The number of halogens is 2. The SMILES string of the molecule is COc1cc(O)ccc1C1C2=CCC3C(=O)N(c4ccccc4)C(=O)C3C2CC2(Cl)C(=O)N(C)C(=O)C12Cl. The van der Waals surface area contributed by atoms with E-state index >= 15 is 0 Å². The standard InChI is InChI=1S/C28H24Cl2N2O6/c1-31-25(36)27(29)13-19-16(22(28(27,30)26(31)37)17-9-8-15(33)12-20(17)38-2)10-11-18-21(19)24(35)32(23(18)34)14-6-4-3-5-7-14/h3-10,12,18-19,21-22,33H,11,13H2,1-2H3. The molecule has 4 aliphatic rings. The summed E-state index contributed by atoms with van der Waals surface area (Å²) < 4.78 is 5.55. The number of fused-ring (bicyclic) bond motifs is 4. The molecule has 0 aromatic heterocycles. The number of aromatic hydroxyl groups is 1. The van der Waals surface area contributed by atoms with Crippen LogP contribution in [0.15, 0.2) is 60.2 Å². The molecule has 2 aliphatic heterocycles. The van der Waals surface area contributed by atoms with Crippen molar-refractivity contribution >= 4 is 52.5 Å². The second-order valence-corrected chi connectivity index (χ2v) is 11.5. The zero-order valence-corrected chi connectivity index (χ0v) is 22.1. The maximum absolute atomic E-state index is 13.9. The van der Waals surface area contributed by atoms with Gasteiger partial charge in [-0.1, -0.05) is 35.9 Å². The fourth-order valence-corrected chi connectivity index (χ4v) is 7.87. The Hall–Kier alpha value is -3.36. The number of likely N-dealkylation sites (tertiary alicyclic amines) is 1. The van der Waals surface area contributed by atoms with Crippen molar-refractivity contribution < 1.29 is 29.0 Å². The van der Waals surface area contributed by atoms with Gasteiger partial charge in [0, 0.05) is 24.6 Å². The summed E-state index contributed by atoms with van der Waals surface area (Å²) in [5.41, 5.74) is 1.59. The number of carbonyl (C=O) groups excluding carboxylic acids is 4. The fourth-order valence-electron chi connectivity index (χ4n) is 6.86. The molecule has 0 spiro atoms. The van der Waals surface area contributed by atoms with Gasteiger partial charge in [0.25, 0.3) is 11.8 Å². The van der Waals surface area contributed by atoms with Crippen molar-refractivity contribution in [2.75, 3.05) is 19.1 Å². The van der Waals surface area contributed by atoms with Crippen LogP contribution in [0.1, 0.15) is 24.3 Å². The Labute approximate surface area is 228 Å². The second-order valence-electron chi connectivity index (χ2n) is 10.3. The van der Waals surface area contributed by atoms with Crippen LogP contribution >= 0.6 is 23.2 Å². The number of amides is 4. The minimum atomic E-state index is -1.91. The first kappa shape index (κ1) is 24.9. The molecule has 8 nitrogen and oxygen atoms in total. The Bertz CT molecular complexity index is 1440. The van der Waals surface area contributed by atoms with E-state index in [-0.39, 0.29) is 36.2 Å². The predicted octanol–water partition coefficient (Wildman–Crippen LogP) is 3.59. The van der Waals surface area contributed by atoms with E-state index in [4.69, 9.17) is 27.9 Å². The number of benzene rings is 2. The molecule has 2 aliphatic carbocycles. The van der Waals surface area contributed by atoms with Crippen LogP contribution in [0.3, 0.4) is 0 Å². The van der Waals surface area contributed by atoms with E-state index in [0.717, 1.165) is 4.90 Å². The first-order chi connectivity index (χ1) is 18.1. The molecule has 10 heteroatoms. The van der Waals surface area contributed by atoms with E-state index in [9.17, 15) is 24.3 Å². The molecular weight excluding hydrogens is 531 g/mol. The summed E-state index contributed by atoms with van der Waals surface area (Å²) in [6.07, 6.45) is 2.04. The molecular formula is C28H24Cl2N2O6. The minimum absolute atomic E-state index is 0.0579. The summed E-state index contributed by atoms with van der Waals surface area (Å²) in [4.78, 5) is 52.9. The smallest absolute Gasteiger partial charge is 0.253 e. The van der Waals surface area contributed by atoms with E-state index in [2.05, 4.69) is 0 Å². The van der Waals surface area contributed by atoms with Gasteiger partial charge < -0.3 is 9.84 Å². The van der Waals surface area contributed by atoms with Crippen LogP contribution in [0.2, 0.25) is 0 Å². The lowest BCUT2D eigenvalue weighted by molar-refractivity contribution is -0.138. The highest BCUT2D eigenvalue weighted by molar-refractivity contribution is 6.53. The van der Waals surface area contributed by atoms with Crippen LogP contribution < -0.4 is 9.64 Å². The van der Waals surface area contributed by atoms with Gasteiger partial charge in [-0.25, -0.2) is 0 Å². The number of phenols is 1. The minimum Gasteiger partial charge on any atom is -0.508 e. The first-order valence-electron chi connectivity index (χ1n) is 12.3. The highest BCUT2D eigenvalue weighted by Gasteiger charge is 2.76. The largest absolute Gasteiger partial charge is 0.508 e. The molecule has 2 heterocycles. The number of ether oxygens (including phenoxy) is 1. The molecule has 6 rings (SSSR count). The Morgan fingerprint density at radius 1 is 0.974 bits per heavy atom. The monoisotopic (exact) mass is 554 g/mol. The normalized spacial score (nSPS) is 34.2. The van der Waals surface area contributed by atoms with Crippen molar-refractivity contribution in [2.24, 2.45) is 17.8 Å². The molecule has 0 bridgehead atoms. The van der Waals surface area contributed by atoms with Gasteiger partial charge in [0.1, 0.15) is 11.5 Å². The zero-order valence-electron chi connectivity index (χ0n) is 20.6. The Kier molecular flexibility index (Phi) is 5.46. The van der Waals surface area contributed by atoms with E-state index < -0.39 is 45.2 Å². The summed E-state index contributed by atoms with van der Waals surface area (Å²) in [5, 5.41) is 10.1. The lowest BCUT2D eigenvalue weighted by Gasteiger charge is -2.51. The number of anilines is 1. The van der Waals surface area contributed by atoms with Gasteiger partial charge in [-0.15, -0.1) is 23.2 Å². The number of nitrogens with zero attached hydrogens (tertiary/aromatic N) is 2. The molecule has 2 saturated heterocycles. The number of imide groups is 2. The number of alkyl halides is 2. The van der Waals surface area contributed by atoms with Gasteiger partial charge in [0.15, 0.2) is 9.75 Å². The van der Waals surface area contributed by atoms with Crippen molar-refractivity contribution in [3.05, 3.63) is 65.7 Å². The molecule has 38 heavy (non-hydrogen) atoms. The van der Waals surface area contributed by atoms with Crippen molar-refractivity contribution in [1.29, 1.82) is 0 Å². The summed E-state index contributed by atoms with van der Waals surface area (Å²) in [7, 11) is 2.76. The van der Waals surface area contributed by atoms with Gasteiger partial charge >= 0.3 is 0 Å². The summed E-state index contributed by atoms with van der Waals surface area (Å²) >= 11 is 14.3. The summed E-state index contributed by atoms with van der Waals surface area (Å²) in [5.74, 6) is -4.78. The van der Waals surface area contributed by atoms with Crippen LogP contribution in [0.5, 0.6) is 11.5 Å². The van der Waals surface area contributed by atoms with Gasteiger partial charge in [0.05, 0.1) is 24.6 Å². The van der Waals surface area contributed by atoms with Gasteiger partial charge in [-0.05, 0) is 37.0 Å². The Balaban J connectivity index is 1.55. The molecule has 6 atom stereocenters. The van der Waals surface area contributed by atoms with E-state index in [1.54, 1.807) is 36.4 Å². The third-order valence-electron chi connectivity index (χ3n) is 8.56. The average molecular weight is 555 g/mol. The highest BCUT2D eigenvalue weighted by atomic mass is 35.5. The average Bonchev–Trinajstić information content (AvgIpc) is 3.24. The predicted molar refractivity (Wildman–Crippen MR) is 139 cm³/mol. The number of rotatable bonds is 3. The number of allylic oxidation sites excluding steroid dienone is 2. The van der Waals surface area contributed by atoms with Crippen LogP contribution in [-0.2, 0) is 19.2 Å². The van der Waals surface area contributed by atoms with Crippen molar-refractivity contribution in [2.45, 2.75) is 28.5 Å². The highest BCUT2D eigenvalue weighted by Crippen LogP contribution is 2.66. The van der Waals surface area contributed by atoms with Crippen molar-refractivity contribution in [1.82, 2.24) is 4.90 Å². The van der Waals surface area contributed by atoms with E-state index in [0.29, 0.717) is 16.8 Å². The Morgan fingerprint density at radius 3 is 2.37 bits per heavy atom. The molecule has 2 aromatic rings. The lowest BCUT2D eigenvalue weighted by atomic mass is 9.56. The van der Waals surface area contributed by atoms with Gasteiger partial charge in [0.2, 0.25) is 11.8 Å². The molecule has 1 saturated carbocycles. The number of hydrogen-bond donors (Lipinski definition) is 1. The number of methoxy groups -OCH3 is 1. The first-order valence-corrected chi connectivity index (χ1v) is 13.0. The van der Waals surface area contributed by atoms with E-state index in [1.807, 2.05) is 6.08 Å². The quantitative estimate of drug-likeness (QED) is 0.353. The van der Waals surface area contributed by atoms with Crippen LogP contribution in [0.4, 0.5) is 5.69 Å². The molecule has 0 radical (unpaired) electrons. The van der Waals surface area contributed by atoms with Gasteiger partial charge in [-0.2, -0.15) is 0 Å². The topological polar surface area (TPSA) is 104 Å². The second kappa shape index (κ2) is 8.32. The van der Waals surface area contributed by atoms with Crippen molar-refractivity contribution in [3.63, 3.8) is 0 Å². The number of para-hydroxylation sites is 1. The third-order valence-corrected chi connectivity index (χ3v) is 9.97. The maximum Gasteiger partial charge on any atom is 0.253 e. The fraction of sp³-hybridized carbons (Fsp3) is 0.357. The van der Waals surface area contributed by atoms with Crippen molar-refractivity contribution in [3.8, 4) is 11.5 Å². The Morgan fingerprint density at radius 2 is 1.68 bits per heavy atom. The molecule has 2 aromatic carbocycles. The van der Waals surface area contributed by atoms with Crippen LogP contribution in [0.25, 0.3) is 0 Å². The molecule has 6 unspecified atom stereocenters. The number of phenolic OH excluding ortho intramolecular Hbond substituents is 1. The lowest BCUT2D eigenvalue weighted by Crippen LogP contribution is -2.60. The maximum atomic E-state index is 13.9. The summed E-state index contributed by atoms with van der Waals surface area (Å²) in [6.45, 7) is 0. The van der Waals surface area contributed by atoms with Crippen LogP contribution in [-0.4, -0.2) is 57.5 Å². The molecule has 3 fully saturated rings. The number of hydrogen-bond acceptors (Lipinski definition) is 6. The molecule has 196 valence electrons. The zero-order chi connectivity index (χ0) is 27.1. The van der Waals surface area contributed by atoms with Crippen LogP contribution in [0, 0.1) is 17.8 Å².